The van der Waals surface area contributed by atoms with Crippen molar-refractivity contribution in [2.24, 2.45) is 29.6 Å². The maximum absolute atomic E-state index is 5.52. The molecule has 5 nitrogen and oxygen atoms in total. The van der Waals surface area contributed by atoms with Crippen LogP contribution in [0.5, 0.6) is 0 Å². The lowest BCUT2D eigenvalue weighted by Crippen LogP contribution is -2.50. The standard InChI is InChI=1S/C24H32N4O/c1-15(22-18-11-16-10-17(13-18)14-19(22)12-16)25-23-20-4-2-3-5-21(20)26-24(27-23)28-6-8-29-9-7-28/h2-5,15-19,22H,6-14H2,1H3,(H,25,26,27). The Balaban J connectivity index is 1.30. The number of nitrogens with zero attached hydrogens (tertiary/aromatic N) is 3. The minimum atomic E-state index is 0.459. The molecule has 1 aromatic heterocycles. The summed E-state index contributed by atoms with van der Waals surface area (Å²) >= 11 is 0. The molecule has 0 radical (unpaired) electrons. The number of benzene rings is 1. The Bertz CT molecular complexity index is 866. The topological polar surface area (TPSA) is 50.3 Å². The van der Waals surface area contributed by atoms with Gasteiger partial charge >= 0.3 is 0 Å². The van der Waals surface area contributed by atoms with E-state index >= 15 is 0 Å². The smallest absolute Gasteiger partial charge is 0.228 e. The molecule has 4 saturated carbocycles. The Morgan fingerprint density at radius 1 is 0.966 bits per heavy atom. The van der Waals surface area contributed by atoms with Crippen molar-refractivity contribution in [3.8, 4) is 0 Å². The maximum Gasteiger partial charge on any atom is 0.228 e. The Morgan fingerprint density at radius 2 is 1.66 bits per heavy atom. The van der Waals surface area contributed by atoms with Crippen LogP contribution in [0.1, 0.15) is 39.0 Å². The Hall–Kier alpha value is -1.88. The summed E-state index contributed by atoms with van der Waals surface area (Å²) in [5.41, 5.74) is 1.03. The van der Waals surface area contributed by atoms with Gasteiger partial charge in [-0.25, -0.2) is 4.98 Å². The second kappa shape index (κ2) is 7.12. The van der Waals surface area contributed by atoms with E-state index in [2.05, 4.69) is 41.4 Å². The Morgan fingerprint density at radius 3 is 2.38 bits per heavy atom. The third-order valence-electron chi connectivity index (χ3n) is 8.13. The average molecular weight is 393 g/mol. The van der Waals surface area contributed by atoms with Crippen molar-refractivity contribution >= 4 is 22.7 Å². The summed E-state index contributed by atoms with van der Waals surface area (Å²) in [5, 5.41) is 5.02. The number of nitrogens with one attached hydrogen (secondary N) is 1. The second-order valence-electron chi connectivity index (χ2n) is 9.93. The van der Waals surface area contributed by atoms with E-state index in [9.17, 15) is 0 Å². The fourth-order valence-corrected chi connectivity index (χ4v) is 7.17. The van der Waals surface area contributed by atoms with E-state index in [0.29, 0.717) is 6.04 Å². The SMILES string of the molecule is CC(Nc1nc(N2CCOCC2)nc2ccccc12)C1C2CC3CC(C2)CC1C3. The average Bonchev–Trinajstić information content (AvgIpc) is 2.73. The number of hydrogen-bond donors (Lipinski definition) is 1. The number of morpholine rings is 1. The minimum Gasteiger partial charge on any atom is -0.378 e. The first-order valence-corrected chi connectivity index (χ1v) is 11.6. The van der Waals surface area contributed by atoms with Gasteiger partial charge in [0.1, 0.15) is 5.82 Å². The van der Waals surface area contributed by atoms with Crippen LogP contribution >= 0.6 is 0 Å². The van der Waals surface area contributed by atoms with Crippen molar-refractivity contribution in [2.45, 2.75) is 45.1 Å². The lowest BCUT2D eigenvalue weighted by atomic mass is 9.50. The highest BCUT2D eigenvalue weighted by molar-refractivity contribution is 5.90. The van der Waals surface area contributed by atoms with Gasteiger partial charge < -0.3 is 15.0 Å². The van der Waals surface area contributed by atoms with Gasteiger partial charge in [-0.2, -0.15) is 4.98 Å². The molecule has 2 aromatic rings. The molecule has 1 saturated heterocycles. The molecule has 1 aliphatic heterocycles. The minimum absolute atomic E-state index is 0.459. The first-order valence-electron chi connectivity index (χ1n) is 11.6. The van der Waals surface area contributed by atoms with E-state index in [4.69, 9.17) is 14.7 Å². The van der Waals surface area contributed by atoms with Crippen molar-refractivity contribution in [1.82, 2.24) is 9.97 Å². The molecule has 0 spiro atoms. The highest BCUT2D eigenvalue weighted by Gasteiger charge is 2.49. The predicted octanol–water partition coefficient (Wildman–Crippen LogP) is 4.34. The predicted molar refractivity (Wildman–Crippen MR) is 116 cm³/mol. The van der Waals surface area contributed by atoms with Gasteiger partial charge in [0.25, 0.3) is 0 Å². The summed E-state index contributed by atoms with van der Waals surface area (Å²) in [6.45, 7) is 5.64. The number of anilines is 2. The first-order chi connectivity index (χ1) is 14.2. The van der Waals surface area contributed by atoms with Gasteiger partial charge in [-0.15, -0.1) is 0 Å². The summed E-state index contributed by atoms with van der Waals surface area (Å²) < 4.78 is 5.52. The van der Waals surface area contributed by atoms with Gasteiger partial charge in [-0.3, -0.25) is 0 Å². The zero-order chi connectivity index (χ0) is 19.4. The fourth-order valence-electron chi connectivity index (χ4n) is 7.17. The highest BCUT2D eigenvalue weighted by atomic mass is 16.5. The van der Waals surface area contributed by atoms with Gasteiger partial charge in [0.15, 0.2) is 0 Å². The molecule has 4 aliphatic carbocycles. The zero-order valence-electron chi connectivity index (χ0n) is 17.4. The molecule has 4 bridgehead atoms. The summed E-state index contributed by atoms with van der Waals surface area (Å²) in [4.78, 5) is 12.2. The van der Waals surface area contributed by atoms with Gasteiger partial charge in [-0.05, 0) is 80.8 Å². The van der Waals surface area contributed by atoms with E-state index in [1.54, 1.807) is 0 Å². The van der Waals surface area contributed by atoms with Gasteiger partial charge in [-0.1, -0.05) is 12.1 Å². The first kappa shape index (κ1) is 17.9. The molecule has 5 heteroatoms. The molecule has 1 N–H and O–H groups in total. The quantitative estimate of drug-likeness (QED) is 0.839. The normalized spacial score (nSPS) is 34.5. The molecular weight excluding hydrogens is 360 g/mol. The molecule has 5 fully saturated rings. The molecule has 7 rings (SSSR count). The Labute approximate surface area is 173 Å². The summed E-state index contributed by atoms with van der Waals surface area (Å²) in [6, 6.07) is 8.90. The number of para-hydroxylation sites is 1. The van der Waals surface area contributed by atoms with Crippen LogP contribution < -0.4 is 10.2 Å². The van der Waals surface area contributed by atoms with E-state index in [-0.39, 0.29) is 0 Å². The van der Waals surface area contributed by atoms with E-state index in [1.807, 2.05) is 0 Å². The van der Waals surface area contributed by atoms with Crippen LogP contribution in [0.4, 0.5) is 11.8 Å². The van der Waals surface area contributed by atoms with Crippen LogP contribution in [0.25, 0.3) is 10.9 Å². The van der Waals surface area contributed by atoms with Gasteiger partial charge in [0, 0.05) is 24.5 Å². The van der Waals surface area contributed by atoms with Crippen LogP contribution in [0.2, 0.25) is 0 Å². The summed E-state index contributed by atoms with van der Waals surface area (Å²) in [7, 11) is 0. The van der Waals surface area contributed by atoms with E-state index < -0.39 is 0 Å². The molecule has 1 aromatic carbocycles. The number of aromatic nitrogens is 2. The van der Waals surface area contributed by atoms with Crippen molar-refractivity contribution < 1.29 is 4.74 Å². The van der Waals surface area contributed by atoms with Crippen molar-refractivity contribution in [3.63, 3.8) is 0 Å². The molecule has 5 aliphatic rings. The Kier molecular flexibility index (Phi) is 4.40. The highest BCUT2D eigenvalue weighted by Crippen LogP contribution is 2.57. The molecule has 1 atom stereocenters. The van der Waals surface area contributed by atoms with Crippen molar-refractivity contribution in [1.29, 1.82) is 0 Å². The fraction of sp³-hybridized carbons (Fsp3) is 0.667. The molecular formula is C24H32N4O. The van der Waals surface area contributed by atoms with Crippen LogP contribution in [-0.4, -0.2) is 42.3 Å². The largest absolute Gasteiger partial charge is 0.378 e. The molecule has 2 heterocycles. The molecule has 29 heavy (non-hydrogen) atoms. The number of rotatable bonds is 4. The van der Waals surface area contributed by atoms with E-state index in [1.165, 1.54) is 32.1 Å². The van der Waals surface area contributed by atoms with Crippen molar-refractivity contribution in [3.05, 3.63) is 24.3 Å². The number of ether oxygens (including phenoxy) is 1. The van der Waals surface area contributed by atoms with Crippen LogP contribution in [0.15, 0.2) is 24.3 Å². The molecule has 0 amide bonds. The van der Waals surface area contributed by atoms with Gasteiger partial charge in [0.05, 0.1) is 18.7 Å². The zero-order valence-corrected chi connectivity index (χ0v) is 17.4. The lowest BCUT2D eigenvalue weighted by molar-refractivity contribution is -0.0417. The molecule has 1 unspecified atom stereocenters. The van der Waals surface area contributed by atoms with Crippen molar-refractivity contribution in [2.75, 3.05) is 36.5 Å². The van der Waals surface area contributed by atoms with E-state index in [0.717, 1.165) is 78.6 Å². The summed E-state index contributed by atoms with van der Waals surface area (Å²) in [6.07, 6.45) is 7.38. The summed E-state index contributed by atoms with van der Waals surface area (Å²) in [5.74, 6) is 6.53. The maximum atomic E-state index is 5.52. The van der Waals surface area contributed by atoms with Crippen LogP contribution in [0, 0.1) is 29.6 Å². The third-order valence-corrected chi connectivity index (χ3v) is 8.13. The molecule has 154 valence electrons. The number of fused-ring (bicyclic) bond motifs is 1. The number of hydrogen-bond acceptors (Lipinski definition) is 5. The monoisotopic (exact) mass is 392 g/mol. The third kappa shape index (κ3) is 3.18. The van der Waals surface area contributed by atoms with Crippen LogP contribution in [-0.2, 0) is 4.74 Å². The van der Waals surface area contributed by atoms with Gasteiger partial charge in [0.2, 0.25) is 5.95 Å². The second-order valence-corrected chi connectivity index (χ2v) is 9.93. The lowest BCUT2D eigenvalue weighted by Gasteiger charge is -2.56. The van der Waals surface area contributed by atoms with Crippen LogP contribution in [0.3, 0.4) is 0 Å².